The third-order valence-corrected chi connectivity index (χ3v) is 3.55. The van der Waals surface area contributed by atoms with Gasteiger partial charge in [-0.1, -0.05) is 26.0 Å². The molecule has 0 radical (unpaired) electrons. The number of urea groups is 1. The Kier molecular flexibility index (Phi) is 5.32. The summed E-state index contributed by atoms with van der Waals surface area (Å²) >= 11 is 0. The summed E-state index contributed by atoms with van der Waals surface area (Å²) in [7, 11) is 0. The highest BCUT2D eigenvalue weighted by Crippen LogP contribution is 2.20. The molecule has 0 saturated heterocycles. The van der Waals surface area contributed by atoms with Crippen LogP contribution in [0.2, 0.25) is 0 Å². The molecular formula is C17H21N3O. The van der Waals surface area contributed by atoms with E-state index in [0.29, 0.717) is 12.5 Å². The second-order valence-electron chi connectivity index (χ2n) is 5.09. The molecule has 0 spiro atoms. The van der Waals surface area contributed by atoms with Gasteiger partial charge in [-0.15, -0.1) is 0 Å². The van der Waals surface area contributed by atoms with Gasteiger partial charge in [0, 0.05) is 24.6 Å². The summed E-state index contributed by atoms with van der Waals surface area (Å²) in [4.78, 5) is 15.8. The van der Waals surface area contributed by atoms with Crippen LogP contribution in [0.1, 0.15) is 37.3 Å². The number of pyridine rings is 1. The molecule has 0 bridgehead atoms. The molecule has 2 aromatic rings. The van der Waals surface area contributed by atoms with Crippen LogP contribution < -0.4 is 10.6 Å². The van der Waals surface area contributed by atoms with E-state index in [9.17, 15) is 4.79 Å². The van der Waals surface area contributed by atoms with Crippen molar-refractivity contribution in [3.63, 3.8) is 0 Å². The number of hydrogen-bond donors (Lipinski definition) is 2. The summed E-state index contributed by atoms with van der Waals surface area (Å²) in [6.07, 6.45) is 4.53. The number of amides is 2. The summed E-state index contributed by atoms with van der Waals surface area (Å²) in [6, 6.07) is 11.5. The number of hydrogen-bond acceptors (Lipinski definition) is 2. The third-order valence-electron chi connectivity index (χ3n) is 3.55. The van der Waals surface area contributed by atoms with Gasteiger partial charge >= 0.3 is 6.03 Å². The van der Waals surface area contributed by atoms with Gasteiger partial charge in [0.1, 0.15) is 0 Å². The number of carbonyl (C=O) groups excluding carboxylic acids is 1. The SMILES string of the molecule is CCC(C)c1ccc(NC(=O)NCc2ccncc2)cc1. The minimum Gasteiger partial charge on any atom is -0.334 e. The molecule has 0 aliphatic carbocycles. The molecule has 2 rings (SSSR count). The van der Waals surface area contributed by atoms with Crippen molar-refractivity contribution >= 4 is 11.7 Å². The van der Waals surface area contributed by atoms with Gasteiger partial charge < -0.3 is 10.6 Å². The van der Waals surface area contributed by atoms with E-state index >= 15 is 0 Å². The van der Waals surface area contributed by atoms with Crippen molar-refractivity contribution in [3.8, 4) is 0 Å². The zero-order chi connectivity index (χ0) is 15.1. The molecule has 4 nitrogen and oxygen atoms in total. The highest BCUT2D eigenvalue weighted by Gasteiger charge is 2.04. The van der Waals surface area contributed by atoms with Crippen LogP contribution in [0.5, 0.6) is 0 Å². The van der Waals surface area contributed by atoms with Crippen LogP contribution >= 0.6 is 0 Å². The molecule has 110 valence electrons. The number of anilines is 1. The molecule has 0 aliphatic heterocycles. The van der Waals surface area contributed by atoms with Gasteiger partial charge in [0.2, 0.25) is 0 Å². The summed E-state index contributed by atoms with van der Waals surface area (Å²) in [6.45, 7) is 4.85. The lowest BCUT2D eigenvalue weighted by Gasteiger charge is -2.11. The molecule has 1 aromatic heterocycles. The van der Waals surface area contributed by atoms with Gasteiger partial charge in [0.25, 0.3) is 0 Å². The maximum Gasteiger partial charge on any atom is 0.319 e. The Morgan fingerprint density at radius 2 is 1.81 bits per heavy atom. The molecule has 21 heavy (non-hydrogen) atoms. The van der Waals surface area contributed by atoms with Gasteiger partial charge in [-0.25, -0.2) is 4.79 Å². The predicted molar refractivity (Wildman–Crippen MR) is 85.2 cm³/mol. The number of rotatable bonds is 5. The van der Waals surface area contributed by atoms with E-state index in [2.05, 4.69) is 41.6 Å². The molecule has 2 amide bonds. The first-order valence-corrected chi connectivity index (χ1v) is 7.22. The Hall–Kier alpha value is -2.36. The van der Waals surface area contributed by atoms with E-state index < -0.39 is 0 Å². The van der Waals surface area contributed by atoms with Crippen molar-refractivity contribution in [2.45, 2.75) is 32.7 Å². The molecule has 1 aromatic carbocycles. The minimum atomic E-state index is -0.205. The molecule has 1 heterocycles. The Balaban J connectivity index is 1.85. The number of nitrogens with one attached hydrogen (secondary N) is 2. The zero-order valence-electron chi connectivity index (χ0n) is 12.5. The van der Waals surface area contributed by atoms with Crippen LogP contribution in [-0.2, 0) is 6.54 Å². The van der Waals surface area contributed by atoms with Crippen LogP contribution in [0.4, 0.5) is 10.5 Å². The summed E-state index contributed by atoms with van der Waals surface area (Å²) < 4.78 is 0. The minimum absolute atomic E-state index is 0.205. The van der Waals surface area contributed by atoms with Crippen molar-refractivity contribution in [2.24, 2.45) is 0 Å². The first kappa shape index (κ1) is 15.0. The first-order chi connectivity index (χ1) is 10.2. The fourth-order valence-electron chi connectivity index (χ4n) is 1.99. The van der Waals surface area contributed by atoms with Crippen molar-refractivity contribution < 1.29 is 4.79 Å². The number of benzene rings is 1. The monoisotopic (exact) mass is 283 g/mol. The molecule has 0 fully saturated rings. The second-order valence-corrected chi connectivity index (χ2v) is 5.09. The lowest BCUT2D eigenvalue weighted by Crippen LogP contribution is -2.28. The maximum absolute atomic E-state index is 11.8. The van der Waals surface area contributed by atoms with E-state index in [-0.39, 0.29) is 6.03 Å². The molecule has 0 saturated carbocycles. The van der Waals surface area contributed by atoms with Gasteiger partial charge in [-0.05, 0) is 47.7 Å². The number of aromatic nitrogens is 1. The van der Waals surface area contributed by atoms with E-state index in [1.807, 2.05) is 24.3 Å². The number of carbonyl (C=O) groups is 1. The molecular weight excluding hydrogens is 262 g/mol. The van der Waals surface area contributed by atoms with Crippen LogP contribution in [0.25, 0.3) is 0 Å². The average molecular weight is 283 g/mol. The third kappa shape index (κ3) is 4.60. The fourth-order valence-corrected chi connectivity index (χ4v) is 1.99. The van der Waals surface area contributed by atoms with Crippen molar-refractivity contribution in [1.82, 2.24) is 10.3 Å². The second kappa shape index (κ2) is 7.43. The lowest BCUT2D eigenvalue weighted by atomic mass is 9.99. The van der Waals surface area contributed by atoms with Crippen LogP contribution in [0.3, 0.4) is 0 Å². The predicted octanol–water partition coefficient (Wildman–Crippen LogP) is 3.92. The van der Waals surface area contributed by atoms with Gasteiger partial charge in [0.05, 0.1) is 0 Å². The van der Waals surface area contributed by atoms with E-state index in [4.69, 9.17) is 0 Å². The molecule has 1 atom stereocenters. The Morgan fingerprint density at radius 3 is 2.43 bits per heavy atom. The molecule has 4 heteroatoms. The van der Waals surface area contributed by atoms with Gasteiger partial charge in [-0.3, -0.25) is 4.98 Å². The standard InChI is InChI=1S/C17H21N3O/c1-3-13(2)15-4-6-16(7-5-15)20-17(21)19-12-14-8-10-18-11-9-14/h4-11,13H,3,12H2,1-2H3,(H2,19,20,21). The molecule has 0 aliphatic rings. The Morgan fingerprint density at radius 1 is 1.14 bits per heavy atom. The summed E-state index contributed by atoms with van der Waals surface area (Å²) in [5, 5.41) is 5.65. The van der Waals surface area contributed by atoms with Crippen LogP contribution in [0, 0.1) is 0 Å². The topological polar surface area (TPSA) is 54.0 Å². The average Bonchev–Trinajstić information content (AvgIpc) is 2.54. The summed E-state index contributed by atoms with van der Waals surface area (Å²) in [5.41, 5.74) is 3.11. The molecule has 1 unspecified atom stereocenters. The Bertz CT molecular complexity index is 566. The van der Waals surface area contributed by atoms with E-state index in [1.165, 1.54) is 5.56 Å². The Labute approximate surface area is 125 Å². The van der Waals surface area contributed by atoms with E-state index in [0.717, 1.165) is 17.7 Å². The van der Waals surface area contributed by atoms with Crippen molar-refractivity contribution in [3.05, 3.63) is 59.9 Å². The van der Waals surface area contributed by atoms with Crippen molar-refractivity contribution in [1.29, 1.82) is 0 Å². The van der Waals surface area contributed by atoms with Gasteiger partial charge in [-0.2, -0.15) is 0 Å². The fraction of sp³-hybridized carbons (Fsp3) is 0.294. The maximum atomic E-state index is 11.8. The first-order valence-electron chi connectivity index (χ1n) is 7.22. The highest BCUT2D eigenvalue weighted by atomic mass is 16.2. The highest BCUT2D eigenvalue weighted by molar-refractivity contribution is 5.89. The normalized spacial score (nSPS) is 11.7. The van der Waals surface area contributed by atoms with Gasteiger partial charge in [0.15, 0.2) is 0 Å². The van der Waals surface area contributed by atoms with Crippen molar-refractivity contribution in [2.75, 3.05) is 5.32 Å². The van der Waals surface area contributed by atoms with Crippen LogP contribution in [0.15, 0.2) is 48.8 Å². The van der Waals surface area contributed by atoms with E-state index in [1.54, 1.807) is 12.4 Å². The lowest BCUT2D eigenvalue weighted by molar-refractivity contribution is 0.251. The zero-order valence-corrected chi connectivity index (χ0v) is 12.5. The summed E-state index contributed by atoms with van der Waals surface area (Å²) in [5.74, 6) is 0.541. The quantitative estimate of drug-likeness (QED) is 0.874. The molecule has 2 N–H and O–H groups in total. The largest absolute Gasteiger partial charge is 0.334 e. The van der Waals surface area contributed by atoms with Crippen LogP contribution in [-0.4, -0.2) is 11.0 Å². The number of nitrogens with zero attached hydrogens (tertiary/aromatic N) is 1. The smallest absolute Gasteiger partial charge is 0.319 e.